The summed E-state index contributed by atoms with van der Waals surface area (Å²) in [5, 5.41) is 9.30. The summed E-state index contributed by atoms with van der Waals surface area (Å²) >= 11 is 0. The lowest BCUT2D eigenvalue weighted by molar-refractivity contribution is -0.136. The van der Waals surface area contributed by atoms with E-state index in [9.17, 15) is 19.5 Å². The highest BCUT2D eigenvalue weighted by Gasteiger charge is 2.33. The summed E-state index contributed by atoms with van der Waals surface area (Å²) in [6, 6.07) is 21.7. The van der Waals surface area contributed by atoms with Crippen molar-refractivity contribution in [3.63, 3.8) is 0 Å². The summed E-state index contributed by atoms with van der Waals surface area (Å²) in [5.74, 6) is -1.86. The van der Waals surface area contributed by atoms with E-state index in [1.807, 2.05) is 42.5 Å². The molecule has 0 saturated heterocycles. The van der Waals surface area contributed by atoms with Gasteiger partial charge in [0.05, 0.1) is 13.0 Å². The van der Waals surface area contributed by atoms with Crippen molar-refractivity contribution in [2.24, 2.45) is 0 Å². The minimum absolute atomic E-state index is 0.195. The van der Waals surface area contributed by atoms with E-state index in [4.69, 9.17) is 0 Å². The Morgan fingerprint density at radius 3 is 2.32 bits per heavy atom. The summed E-state index contributed by atoms with van der Waals surface area (Å²) < 4.78 is 0. The van der Waals surface area contributed by atoms with Gasteiger partial charge in [-0.3, -0.25) is 19.3 Å². The fourth-order valence-corrected chi connectivity index (χ4v) is 3.49. The third-order valence-electron chi connectivity index (χ3n) is 4.85. The van der Waals surface area contributed by atoms with Crippen LogP contribution in [0.25, 0.3) is 11.1 Å². The molecule has 1 N–H and O–H groups in total. The van der Waals surface area contributed by atoms with Gasteiger partial charge in [0.2, 0.25) is 0 Å². The lowest BCUT2D eigenvalue weighted by Gasteiger charge is -2.17. The van der Waals surface area contributed by atoms with E-state index < -0.39 is 11.9 Å². The molecule has 0 bridgehead atoms. The van der Waals surface area contributed by atoms with E-state index in [1.54, 1.807) is 30.3 Å². The topological polar surface area (TPSA) is 74.7 Å². The van der Waals surface area contributed by atoms with Crippen LogP contribution in [0.3, 0.4) is 0 Å². The van der Waals surface area contributed by atoms with E-state index in [-0.39, 0.29) is 24.4 Å². The average molecular weight is 371 g/mol. The van der Waals surface area contributed by atoms with Crippen molar-refractivity contribution in [3.8, 4) is 11.1 Å². The van der Waals surface area contributed by atoms with Crippen molar-refractivity contribution in [1.29, 1.82) is 0 Å². The maximum atomic E-state index is 13.1. The maximum Gasteiger partial charge on any atom is 0.307 e. The average Bonchev–Trinajstić information content (AvgIpc) is 3.04. The second kappa shape index (κ2) is 7.12. The van der Waals surface area contributed by atoms with Gasteiger partial charge in [0.15, 0.2) is 0 Å². The molecule has 1 aliphatic heterocycles. The van der Waals surface area contributed by atoms with Gasteiger partial charge in [-0.1, -0.05) is 54.6 Å². The number of carbonyl (C=O) groups excluding carboxylic acids is 2. The van der Waals surface area contributed by atoms with Gasteiger partial charge < -0.3 is 5.11 Å². The van der Waals surface area contributed by atoms with Crippen molar-refractivity contribution in [2.45, 2.75) is 13.0 Å². The second-order valence-electron chi connectivity index (χ2n) is 6.66. The van der Waals surface area contributed by atoms with E-state index in [0.29, 0.717) is 11.1 Å². The van der Waals surface area contributed by atoms with Crippen molar-refractivity contribution in [3.05, 3.63) is 95.1 Å². The van der Waals surface area contributed by atoms with Gasteiger partial charge in [-0.15, -0.1) is 0 Å². The van der Waals surface area contributed by atoms with Crippen LogP contribution in [0.15, 0.2) is 72.8 Å². The molecular formula is C23H17NO4. The number of amides is 2. The van der Waals surface area contributed by atoms with Crippen molar-refractivity contribution >= 4 is 17.8 Å². The lowest BCUT2D eigenvalue weighted by atomic mass is 9.96. The number of hydrogen-bond donors (Lipinski definition) is 1. The highest BCUT2D eigenvalue weighted by atomic mass is 16.4. The number of imide groups is 1. The summed E-state index contributed by atoms with van der Waals surface area (Å²) in [4.78, 5) is 38.2. The molecule has 0 radical (unpaired) electrons. The Hall–Kier alpha value is -3.73. The van der Waals surface area contributed by atoms with Gasteiger partial charge in [-0.2, -0.15) is 0 Å². The fourth-order valence-electron chi connectivity index (χ4n) is 3.49. The normalized spacial score (nSPS) is 12.7. The number of fused-ring (bicyclic) bond motifs is 1. The molecule has 2 amide bonds. The lowest BCUT2D eigenvalue weighted by Crippen LogP contribution is -2.32. The minimum atomic E-state index is -1.03. The van der Waals surface area contributed by atoms with Gasteiger partial charge in [0.1, 0.15) is 0 Å². The fraction of sp³-hybridized carbons (Fsp3) is 0.0870. The molecular weight excluding hydrogens is 354 g/mol. The third-order valence-corrected chi connectivity index (χ3v) is 4.85. The number of carboxylic acid groups (broad SMARTS) is 1. The monoisotopic (exact) mass is 371 g/mol. The molecule has 28 heavy (non-hydrogen) atoms. The molecule has 1 aliphatic rings. The summed E-state index contributed by atoms with van der Waals surface area (Å²) in [6.07, 6.45) is -0.295. The molecule has 0 fully saturated rings. The zero-order valence-corrected chi connectivity index (χ0v) is 15.0. The van der Waals surface area contributed by atoms with Gasteiger partial charge >= 0.3 is 5.97 Å². The Bertz CT molecular complexity index is 1090. The Morgan fingerprint density at radius 1 is 0.893 bits per heavy atom. The Balaban J connectivity index is 1.72. The van der Waals surface area contributed by atoms with Crippen LogP contribution in [0.4, 0.5) is 0 Å². The van der Waals surface area contributed by atoms with Gasteiger partial charge in [0, 0.05) is 11.1 Å². The predicted octanol–water partition coefficient (Wildman–Crippen LogP) is 3.78. The molecule has 138 valence electrons. The summed E-state index contributed by atoms with van der Waals surface area (Å²) in [5.41, 5.74) is 3.69. The van der Waals surface area contributed by atoms with Gasteiger partial charge in [0.25, 0.3) is 11.8 Å². The Labute approximate surface area is 161 Å². The highest BCUT2D eigenvalue weighted by Crippen LogP contribution is 2.28. The number of benzene rings is 3. The van der Waals surface area contributed by atoms with E-state index >= 15 is 0 Å². The van der Waals surface area contributed by atoms with Gasteiger partial charge in [-0.25, -0.2) is 0 Å². The third kappa shape index (κ3) is 3.18. The van der Waals surface area contributed by atoms with Crippen molar-refractivity contribution in [2.75, 3.05) is 0 Å². The predicted molar refractivity (Wildman–Crippen MR) is 104 cm³/mol. The number of aliphatic carboxylic acids is 1. The first kappa shape index (κ1) is 17.7. The van der Waals surface area contributed by atoms with E-state index in [0.717, 1.165) is 16.7 Å². The molecule has 0 unspecified atom stereocenters. The SMILES string of the molecule is O=C(O)Cc1cc(-c2ccccc2)ccc1C(=O)N1Cc2ccccc2C1=O. The van der Waals surface area contributed by atoms with Crippen LogP contribution in [0.1, 0.15) is 31.8 Å². The van der Waals surface area contributed by atoms with Crippen molar-refractivity contribution < 1.29 is 19.5 Å². The standard InChI is InChI=1S/C23H17NO4/c25-21(26)13-18-12-16(15-6-2-1-3-7-15)10-11-20(18)23(28)24-14-17-8-4-5-9-19(17)22(24)27/h1-12H,13-14H2,(H,25,26). The molecule has 4 rings (SSSR count). The van der Waals surface area contributed by atoms with Crippen LogP contribution < -0.4 is 0 Å². The largest absolute Gasteiger partial charge is 0.481 e. The summed E-state index contributed by atoms with van der Waals surface area (Å²) in [7, 11) is 0. The molecule has 0 saturated carbocycles. The molecule has 0 aromatic heterocycles. The molecule has 3 aromatic rings. The van der Waals surface area contributed by atoms with Crippen LogP contribution in [0.5, 0.6) is 0 Å². The molecule has 5 nitrogen and oxygen atoms in total. The van der Waals surface area contributed by atoms with Crippen LogP contribution in [-0.4, -0.2) is 27.8 Å². The molecule has 0 aliphatic carbocycles. The number of nitrogens with zero attached hydrogens (tertiary/aromatic N) is 1. The number of hydrogen-bond acceptors (Lipinski definition) is 3. The molecule has 0 atom stereocenters. The molecule has 0 spiro atoms. The van der Waals surface area contributed by atoms with Crippen LogP contribution in [-0.2, 0) is 17.8 Å². The zero-order valence-electron chi connectivity index (χ0n) is 15.0. The molecule has 1 heterocycles. The highest BCUT2D eigenvalue weighted by molar-refractivity contribution is 6.13. The van der Waals surface area contributed by atoms with Crippen LogP contribution >= 0.6 is 0 Å². The molecule has 3 aromatic carbocycles. The Morgan fingerprint density at radius 2 is 1.61 bits per heavy atom. The zero-order chi connectivity index (χ0) is 19.7. The van der Waals surface area contributed by atoms with Crippen molar-refractivity contribution in [1.82, 2.24) is 4.90 Å². The van der Waals surface area contributed by atoms with Gasteiger partial charge in [-0.05, 0) is 40.5 Å². The molecule has 5 heteroatoms. The first-order chi connectivity index (χ1) is 13.5. The first-order valence-corrected chi connectivity index (χ1v) is 8.89. The minimum Gasteiger partial charge on any atom is -0.481 e. The van der Waals surface area contributed by atoms with E-state index in [2.05, 4.69) is 0 Å². The number of rotatable bonds is 4. The van der Waals surface area contributed by atoms with Crippen LogP contribution in [0.2, 0.25) is 0 Å². The number of carbonyl (C=O) groups is 3. The van der Waals surface area contributed by atoms with Crippen LogP contribution in [0, 0.1) is 0 Å². The smallest absolute Gasteiger partial charge is 0.307 e. The quantitative estimate of drug-likeness (QED) is 0.709. The Kier molecular flexibility index (Phi) is 4.49. The van der Waals surface area contributed by atoms with E-state index in [1.165, 1.54) is 4.90 Å². The summed E-state index contributed by atoms with van der Waals surface area (Å²) in [6.45, 7) is 0.195. The maximum absolute atomic E-state index is 13.1. The second-order valence-corrected chi connectivity index (χ2v) is 6.66. The first-order valence-electron chi connectivity index (χ1n) is 8.89. The number of carboxylic acids is 1.